The monoisotopic (exact) mass is 248 g/mol. The van der Waals surface area contributed by atoms with Gasteiger partial charge in [-0.3, -0.25) is 0 Å². The van der Waals surface area contributed by atoms with Gasteiger partial charge in [-0.25, -0.2) is 4.79 Å². The van der Waals surface area contributed by atoms with Crippen molar-refractivity contribution in [2.75, 3.05) is 0 Å². The molecule has 88 valence electrons. The summed E-state index contributed by atoms with van der Waals surface area (Å²) < 4.78 is 5.05. The topological polar surface area (TPSA) is 26.3 Å². The van der Waals surface area contributed by atoms with Gasteiger partial charge in [0.25, 0.3) is 0 Å². The molecular formula is C11H21ClO2Si. The van der Waals surface area contributed by atoms with Crippen LogP contribution in [0.1, 0.15) is 26.2 Å². The van der Waals surface area contributed by atoms with E-state index in [0.29, 0.717) is 0 Å². The van der Waals surface area contributed by atoms with Crippen molar-refractivity contribution in [2.24, 2.45) is 0 Å². The minimum Gasteiger partial charge on any atom is -0.460 e. The number of ether oxygens (including phenoxy) is 1. The lowest BCUT2D eigenvalue weighted by Crippen LogP contribution is -2.16. The van der Waals surface area contributed by atoms with Crippen LogP contribution in [0.15, 0.2) is 12.7 Å². The smallest absolute Gasteiger partial charge is 0.330 e. The van der Waals surface area contributed by atoms with Crippen LogP contribution in [0.2, 0.25) is 19.1 Å². The molecule has 0 bridgehead atoms. The Hall–Kier alpha value is -0.283. The van der Waals surface area contributed by atoms with Crippen molar-refractivity contribution in [3.63, 3.8) is 0 Å². The number of hydrogen-bond donors (Lipinski definition) is 0. The van der Waals surface area contributed by atoms with Gasteiger partial charge in [0.05, 0.1) is 6.10 Å². The third kappa shape index (κ3) is 10.0. The van der Waals surface area contributed by atoms with E-state index in [2.05, 4.69) is 19.7 Å². The first-order chi connectivity index (χ1) is 6.85. The summed E-state index contributed by atoms with van der Waals surface area (Å²) >= 11 is 6.20. The van der Waals surface area contributed by atoms with Crippen LogP contribution >= 0.6 is 11.1 Å². The first kappa shape index (κ1) is 14.7. The molecule has 0 N–H and O–H groups in total. The maximum atomic E-state index is 10.9. The Labute approximate surface area is 98.4 Å². The van der Waals surface area contributed by atoms with E-state index < -0.39 is 7.38 Å². The average molecular weight is 249 g/mol. The molecule has 0 rings (SSSR count). The molecule has 0 aliphatic carbocycles. The summed E-state index contributed by atoms with van der Waals surface area (Å²) in [6.07, 6.45) is 4.27. The molecule has 15 heavy (non-hydrogen) atoms. The van der Waals surface area contributed by atoms with Crippen molar-refractivity contribution in [3.05, 3.63) is 12.7 Å². The number of halogens is 1. The number of carbonyl (C=O) groups excluding carboxylic acids is 1. The lowest BCUT2D eigenvalue weighted by molar-refractivity contribution is -0.142. The number of unbranched alkanes of at least 4 members (excludes halogenated alkanes) is 1. The van der Waals surface area contributed by atoms with E-state index in [1.807, 2.05) is 6.92 Å². The highest BCUT2D eigenvalue weighted by atomic mass is 35.6. The quantitative estimate of drug-likeness (QED) is 0.226. The van der Waals surface area contributed by atoms with Crippen LogP contribution in [0.4, 0.5) is 0 Å². The average Bonchev–Trinajstić information content (AvgIpc) is 2.11. The van der Waals surface area contributed by atoms with Crippen LogP contribution in [-0.2, 0) is 9.53 Å². The van der Waals surface area contributed by atoms with Gasteiger partial charge in [0.1, 0.15) is 7.38 Å². The molecule has 0 saturated carbocycles. The Bertz CT molecular complexity index is 211. The third-order valence-corrected chi connectivity index (χ3v) is 4.23. The number of rotatable bonds is 7. The summed E-state index contributed by atoms with van der Waals surface area (Å²) in [5.41, 5.74) is 0. The van der Waals surface area contributed by atoms with Crippen LogP contribution in [0.3, 0.4) is 0 Å². The van der Waals surface area contributed by atoms with Gasteiger partial charge >= 0.3 is 5.97 Å². The molecule has 0 aliphatic rings. The number of esters is 1. The zero-order valence-corrected chi connectivity index (χ0v) is 11.6. The Kier molecular flexibility index (Phi) is 6.93. The maximum absolute atomic E-state index is 10.9. The van der Waals surface area contributed by atoms with E-state index in [0.717, 1.165) is 25.3 Å². The van der Waals surface area contributed by atoms with E-state index in [4.69, 9.17) is 15.8 Å². The second-order valence-electron chi connectivity index (χ2n) is 4.42. The van der Waals surface area contributed by atoms with E-state index in [1.165, 1.54) is 6.08 Å². The maximum Gasteiger partial charge on any atom is 0.330 e. The summed E-state index contributed by atoms with van der Waals surface area (Å²) in [4.78, 5) is 10.9. The molecule has 2 nitrogen and oxygen atoms in total. The van der Waals surface area contributed by atoms with Crippen molar-refractivity contribution >= 4 is 24.4 Å². The molecule has 0 saturated heterocycles. The molecule has 0 aromatic carbocycles. The summed E-state index contributed by atoms with van der Waals surface area (Å²) in [5.74, 6) is -0.338. The highest BCUT2D eigenvalue weighted by Crippen LogP contribution is 2.19. The fraction of sp³-hybridized carbons (Fsp3) is 0.727. The van der Waals surface area contributed by atoms with Crippen LogP contribution in [0.5, 0.6) is 0 Å². The first-order valence-corrected chi connectivity index (χ1v) is 9.59. The molecule has 0 aromatic heterocycles. The van der Waals surface area contributed by atoms with Crippen molar-refractivity contribution < 1.29 is 9.53 Å². The summed E-state index contributed by atoms with van der Waals surface area (Å²) in [6.45, 7) is 9.56. The highest BCUT2D eigenvalue weighted by molar-refractivity contribution is 7.19. The van der Waals surface area contributed by atoms with Crippen LogP contribution in [-0.4, -0.2) is 19.5 Å². The van der Waals surface area contributed by atoms with Crippen LogP contribution < -0.4 is 0 Å². The number of hydrogen-bond acceptors (Lipinski definition) is 2. The van der Waals surface area contributed by atoms with Gasteiger partial charge < -0.3 is 4.74 Å². The van der Waals surface area contributed by atoms with E-state index in [1.54, 1.807) is 0 Å². The fourth-order valence-electron chi connectivity index (χ4n) is 1.28. The third-order valence-electron chi connectivity index (χ3n) is 2.12. The van der Waals surface area contributed by atoms with Gasteiger partial charge in [0, 0.05) is 6.08 Å². The second-order valence-corrected chi connectivity index (χ2v) is 11.4. The molecule has 4 heteroatoms. The molecule has 0 fully saturated rings. The SMILES string of the molecule is C=CC(=O)OC(C)CCCC[Si](C)(C)Cl. The molecule has 0 aromatic rings. The Morgan fingerprint density at radius 3 is 2.60 bits per heavy atom. The zero-order chi connectivity index (χ0) is 11.9. The predicted molar refractivity (Wildman–Crippen MR) is 67.7 cm³/mol. The Morgan fingerprint density at radius 2 is 2.13 bits per heavy atom. The van der Waals surface area contributed by atoms with Crippen molar-refractivity contribution in [1.29, 1.82) is 0 Å². The molecular weight excluding hydrogens is 228 g/mol. The van der Waals surface area contributed by atoms with E-state index in [-0.39, 0.29) is 12.1 Å². The van der Waals surface area contributed by atoms with Crippen LogP contribution in [0, 0.1) is 0 Å². The Morgan fingerprint density at radius 1 is 1.53 bits per heavy atom. The molecule has 0 radical (unpaired) electrons. The Balaban J connectivity index is 3.51. The minimum atomic E-state index is -1.42. The molecule has 0 heterocycles. The summed E-state index contributed by atoms with van der Waals surface area (Å²) in [5, 5.41) is 0. The lowest BCUT2D eigenvalue weighted by atomic mass is 10.2. The standard InChI is InChI=1S/C11H21ClO2Si/c1-5-11(13)14-10(2)8-6-7-9-15(3,4)12/h5,10H,1,6-9H2,2-4H3. The highest BCUT2D eigenvalue weighted by Gasteiger charge is 2.16. The second kappa shape index (κ2) is 7.07. The van der Waals surface area contributed by atoms with Gasteiger partial charge in [-0.2, -0.15) is 11.1 Å². The minimum absolute atomic E-state index is 0.0180. The molecule has 0 amide bonds. The van der Waals surface area contributed by atoms with Crippen LogP contribution in [0.25, 0.3) is 0 Å². The first-order valence-electron chi connectivity index (χ1n) is 5.37. The van der Waals surface area contributed by atoms with E-state index >= 15 is 0 Å². The van der Waals surface area contributed by atoms with Crippen molar-refractivity contribution in [1.82, 2.24) is 0 Å². The molecule has 1 atom stereocenters. The van der Waals surface area contributed by atoms with Gasteiger partial charge in [-0.05, 0) is 19.4 Å². The normalized spacial score (nSPS) is 13.3. The van der Waals surface area contributed by atoms with Gasteiger partial charge in [-0.15, -0.1) is 0 Å². The fourth-order valence-corrected chi connectivity index (χ4v) is 2.77. The van der Waals surface area contributed by atoms with Gasteiger partial charge in [0.15, 0.2) is 0 Å². The number of carbonyl (C=O) groups is 1. The van der Waals surface area contributed by atoms with Crippen molar-refractivity contribution in [3.8, 4) is 0 Å². The van der Waals surface area contributed by atoms with E-state index in [9.17, 15) is 4.79 Å². The van der Waals surface area contributed by atoms with Crippen molar-refractivity contribution in [2.45, 2.75) is 51.4 Å². The zero-order valence-electron chi connectivity index (χ0n) is 9.88. The molecule has 0 aliphatic heterocycles. The molecule has 0 spiro atoms. The molecule has 1 unspecified atom stereocenters. The summed E-state index contributed by atoms with van der Waals surface area (Å²) in [7, 11) is -1.42. The van der Waals surface area contributed by atoms with Gasteiger partial charge in [-0.1, -0.05) is 32.5 Å². The largest absolute Gasteiger partial charge is 0.460 e. The van der Waals surface area contributed by atoms with Gasteiger partial charge in [0.2, 0.25) is 0 Å². The predicted octanol–water partition coefficient (Wildman–Crippen LogP) is 3.72. The lowest BCUT2D eigenvalue weighted by Gasteiger charge is -2.14. The summed E-state index contributed by atoms with van der Waals surface area (Å²) in [6, 6.07) is 1.12.